The second-order valence-corrected chi connectivity index (χ2v) is 5.62. The summed E-state index contributed by atoms with van der Waals surface area (Å²) in [5, 5.41) is 19.2. The largest absolute Gasteiger partial charge is 0.508 e. The first kappa shape index (κ1) is 15.0. The lowest BCUT2D eigenvalue weighted by Gasteiger charge is -2.03. The smallest absolute Gasteiger partial charge is 0.140 e. The molecule has 0 atom stereocenters. The van der Waals surface area contributed by atoms with Gasteiger partial charge < -0.3 is 15.2 Å². The lowest BCUT2D eigenvalue weighted by molar-refractivity contribution is 0.450. The number of rotatable bonds is 3. The van der Waals surface area contributed by atoms with Gasteiger partial charge in [0.15, 0.2) is 0 Å². The van der Waals surface area contributed by atoms with Gasteiger partial charge in [0, 0.05) is 23.4 Å². The van der Waals surface area contributed by atoms with Crippen molar-refractivity contribution in [2.45, 2.75) is 0 Å². The number of nitrogens with one attached hydrogen (secondary N) is 1. The van der Waals surface area contributed by atoms with E-state index in [1.165, 1.54) is 12.1 Å². The van der Waals surface area contributed by atoms with Gasteiger partial charge in [0.05, 0.1) is 16.7 Å². The molecule has 0 spiro atoms. The van der Waals surface area contributed by atoms with Gasteiger partial charge in [0.2, 0.25) is 0 Å². The number of hydrogen-bond acceptors (Lipinski definition) is 4. The van der Waals surface area contributed by atoms with E-state index in [9.17, 15) is 10.2 Å². The van der Waals surface area contributed by atoms with Gasteiger partial charge in [-0.1, -0.05) is 24.3 Å². The zero-order chi connectivity index (χ0) is 17.2. The fraction of sp³-hybridized carbons (Fsp3) is 0. The van der Waals surface area contributed by atoms with Crippen molar-refractivity contribution in [3.63, 3.8) is 0 Å². The van der Waals surface area contributed by atoms with E-state index in [4.69, 9.17) is 0 Å². The number of fused-ring (bicyclic) bond motifs is 1. The summed E-state index contributed by atoms with van der Waals surface area (Å²) in [4.78, 5) is 12.4. The van der Waals surface area contributed by atoms with Crippen LogP contribution in [0, 0.1) is 0 Å². The van der Waals surface area contributed by atoms with Gasteiger partial charge in [-0.05, 0) is 36.4 Å². The molecule has 0 fully saturated rings. The SMILES string of the molecule is Oc1ccc(C=Nc2ccccc2-c2nc3ccccc3[nH]2)c(O)c1. The highest BCUT2D eigenvalue weighted by Gasteiger charge is 2.09. The number of aliphatic imine (C=N–C) groups is 1. The van der Waals surface area contributed by atoms with E-state index in [1.54, 1.807) is 12.3 Å². The van der Waals surface area contributed by atoms with Crippen LogP contribution >= 0.6 is 0 Å². The van der Waals surface area contributed by atoms with Crippen LogP contribution in [0.5, 0.6) is 11.5 Å². The first-order chi connectivity index (χ1) is 12.2. The summed E-state index contributed by atoms with van der Waals surface area (Å²) in [6.07, 6.45) is 1.57. The number of nitrogens with zero attached hydrogens (tertiary/aromatic N) is 2. The van der Waals surface area contributed by atoms with Gasteiger partial charge in [-0.2, -0.15) is 0 Å². The maximum atomic E-state index is 9.88. The fourth-order valence-electron chi connectivity index (χ4n) is 2.65. The number of imidazole rings is 1. The van der Waals surface area contributed by atoms with Gasteiger partial charge in [-0.25, -0.2) is 4.98 Å². The van der Waals surface area contributed by atoms with Gasteiger partial charge in [-0.3, -0.25) is 4.99 Å². The number of aromatic amines is 1. The van der Waals surface area contributed by atoms with Crippen molar-refractivity contribution in [2.75, 3.05) is 0 Å². The van der Waals surface area contributed by atoms with Gasteiger partial charge >= 0.3 is 0 Å². The first-order valence-electron chi connectivity index (χ1n) is 7.81. The average Bonchev–Trinajstić information content (AvgIpc) is 3.05. The molecule has 0 amide bonds. The third-order valence-electron chi connectivity index (χ3n) is 3.91. The molecule has 3 aromatic carbocycles. The Hall–Kier alpha value is -3.60. The zero-order valence-electron chi connectivity index (χ0n) is 13.2. The molecule has 1 heterocycles. The van der Waals surface area contributed by atoms with E-state index in [-0.39, 0.29) is 11.5 Å². The molecule has 3 N–H and O–H groups in total. The van der Waals surface area contributed by atoms with E-state index in [2.05, 4.69) is 15.0 Å². The Balaban J connectivity index is 1.75. The van der Waals surface area contributed by atoms with Crippen molar-refractivity contribution < 1.29 is 10.2 Å². The van der Waals surface area contributed by atoms with E-state index >= 15 is 0 Å². The predicted octanol–water partition coefficient (Wildman–Crippen LogP) is 4.39. The van der Waals surface area contributed by atoms with Crippen LogP contribution in [0.15, 0.2) is 71.7 Å². The first-order valence-corrected chi connectivity index (χ1v) is 7.81. The van der Waals surface area contributed by atoms with Crippen LogP contribution < -0.4 is 0 Å². The van der Waals surface area contributed by atoms with Gasteiger partial charge in [-0.15, -0.1) is 0 Å². The lowest BCUT2D eigenvalue weighted by Crippen LogP contribution is -1.84. The normalized spacial score (nSPS) is 11.4. The molecular formula is C20H15N3O2. The third kappa shape index (κ3) is 2.95. The monoisotopic (exact) mass is 329 g/mol. The van der Waals surface area contributed by atoms with Crippen LogP contribution in [0.25, 0.3) is 22.4 Å². The molecular weight excluding hydrogens is 314 g/mol. The highest BCUT2D eigenvalue weighted by molar-refractivity contribution is 5.88. The minimum absolute atomic E-state index is 0.0114. The molecule has 5 nitrogen and oxygen atoms in total. The second-order valence-electron chi connectivity index (χ2n) is 5.62. The van der Waals surface area contributed by atoms with Crippen LogP contribution in [0.4, 0.5) is 5.69 Å². The molecule has 0 saturated heterocycles. The molecule has 0 radical (unpaired) electrons. The number of hydrogen-bond donors (Lipinski definition) is 3. The number of benzene rings is 3. The number of phenols is 2. The number of H-pyrrole nitrogens is 1. The number of para-hydroxylation sites is 3. The summed E-state index contributed by atoms with van der Waals surface area (Å²) in [6.45, 7) is 0. The molecule has 4 aromatic rings. The maximum absolute atomic E-state index is 9.88. The van der Waals surface area contributed by atoms with Crippen LogP contribution in [-0.2, 0) is 0 Å². The fourth-order valence-corrected chi connectivity index (χ4v) is 2.65. The molecule has 1 aromatic heterocycles. The van der Waals surface area contributed by atoms with Crippen LogP contribution in [0.3, 0.4) is 0 Å². The topological polar surface area (TPSA) is 81.5 Å². The standard InChI is InChI=1S/C20H15N3O2/c24-14-10-9-13(19(25)11-14)12-21-16-6-2-1-5-15(16)20-22-17-7-3-4-8-18(17)23-20/h1-12,24-25H,(H,22,23). The minimum Gasteiger partial charge on any atom is -0.508 e. The van der Waals surface area contributed by atoms with Crippen LogP contribution in [0.2, 0.25) is 0 Å². The van der Waals surface area contributed by atoms with Gasteiger partial charge in [0.1, 0.15) is 17.3 Å². The molecule has 0 aliphatic carbocycles. The third-order valence-corrected chi connectivity index (χ3v) is 3.91. The van der Waals surface area contributed by atoms with E-state index in [0.29, 0.717) is 5.56 Å². The highest BCUT2D eigenvalue weighted by Crippen LogP contribution is 2.30. The Morgan fingerprint density at radius 3 is 2.56 bits per heavy atom. The minimum atomic E-state index is -0.0232. The van der Waals surface area contributed by atoms with Gasteiger partial charge in [0.25, 0.3) is 0 Å². The molecule has 25 heavy (non-hydrogen) atoms. The zero-order valence-corrected chi connectivity index (χ0v) is 13.2. The summed E-state index contributed by atoms with van der Waals surface area (Å²) in [7, 11) is 0. The average molecular weight is 329 g/mol. The Morgan fingerprint density at radius 2 is 1.72 bits per heavy atom. The van der Waals surface area contributed by atoms with E-state index < -0.39 is 0 Å². The van der Waals surface area contributed by atoms with E-state index in [0.717, 1.165) is 28.1 Å². The number of aromatic hydroxyl groups is 2. The molecule has 0 saturated carbocycles. The second kappa shape index (κ2) is 6.13. The summed E-state index contributed by atoms with van der Waals surface area (Å²) in [6, 6.07) is 19.9. The molecule has 5 heteroatoms. The Kier molecular flexibility index (Phi) is 3.67. The Labute approximate surface area is 144 Å². The van der Waals surface area contributed by atoms with E-state index in [1.807, 2.05) is 48.5 Å². The van der Waals surface area contributed by atoms with Crippen LogP contribution in [-0.4, -0.2) is 26.4 Å². The van der Waals surface area contributed by atoms with Crippen LogP contribution in [0.1, 0.15) is 5.56 Å². The lowest BCUT2D eigenvalue weighted by atomic mass is 10.1. The molecule has 4 rings (SSSR count). The van der Waals surface area contributed by atoms with Crippen molar-refractivity contribution in [1.82, 2.24) is 9.97 Å². The molecule has 0 unspecified atom stereocenters. The quantitative estimate of drug-likeness (QED) is 0.488. The molecule has 0 aliphatic heterocycles. The summed E-state index contributed by atoms with van der Waals surface area (Å²) >= 11 is 0. The van der Waals surface area contributed by atoms with Crippen molar-refractivity contribution >= 4 is 22.9 Å². The summed E-state index contributed by atoms with van der Waals surface area (Å²) in [5.41, 5.74) is 3.99. The molecule has 0 bridgehead atoms. The van der Waals surface area contributed by atoms with Crippen molar-refractivity contribution in [1.29, 1.82) is 0 Å². The Morgan fingerprint density at radius 1 is 0.920 bits per heavy atom. The summed E-state index contributed by atoms with van der Waals surface area (Å²) < 4.78 is 0. The van der Waals surface area contributed by atoms with Crippen molar-refractivity contribution in [3.05, 3.63) is 72.3 Å². The highest BCUT2D eigenvalue weighted by atomic mass is 16.3. The predicted molar refractivity (Wildman–Crippen MR) is 98.6 cm³/mol. The molecule has 122 valence electrons. The Bertz CT molecular complexity index is 1050. The maximum Gasteiger partial charge on any atom is 0.140 e. The van der Waals surface area contributed by atoms with Crippen molar-refractivity contribution in [3.8, 4) is 22.9 Å². The number of phenolic OH excluding ortho intramolecular Hbond substituents is 2. The van der Waals surface area contributed by atoms with Crippen molar-refractivity contribution in [2.24, 2.45) is 4.99 Å². The number of aromatic nitrogens is 2. The summed E-state index contributed by atoms with van der Waals surface area (Å²) in [5.74, 6) is 0.728. The molecule has 0 aliphatic rings.